The van der Waals surface area contributed by atoms with Gasteiger partial charge in [-0.2, -0.15) is 0 Å². The van der Waals surface area contributed by atoms with Crippen LogP contribution in [0.1, 0.15) is 24.2 Å². The maximum Gasteiger partial charge on any atom is 0.255 e. The highest BCUT2D eigenvalue weighted by molar-refractivity contribution is 6.33. The topological polar surface area (TPSA) is 36.4 Å². The number of carbonyl (C=O) groups is 1. The molecule has 1 aliphatic rings. The van der Waals surface area contributed by atoms with Gasteiger partial charge in [-0.1, -0.05) is 25.4 Å². The van der Waals surface area contributed by atoms with Crippen LogP contribution in [0.4, 0.5) is 0 Å². The fraction of sp³-hybridized carbons (Fsp3) is 0.571. The Bertz CT molecular complexity index is 442. The minimum absolute atomic E-state index is 0.0107. The first-order chi connectivity index (χ1) is 9.08. The van der Waals surface area contributed by atoms with Crippen molar-refractivity contribution in [2.75, 3.05) is 32.7 Å². The van der Waals surface area contributed by atoms with E-state index >= 15 is 0 Å². The van der Waals surface area contributed by atoms with Crippen LogP contribution in [0.25, 0.3) is 0 Å². The molecule has 1 fully saturated rings. The van der Waals surface area contributed by atoms with Crippen molar-refractivity contribution in [3.63, 3.8) is 0 Å². The lowest BCUT2D eigenvalue weighted by atomic mass is 10.1. The van der Waals surface area contributed by atoms with Crippen LogP contribution in [0.5, 0.6) is 0 Å². The van der Waals surface area contributed by atoms with Crippen molar-refractivity contribution < 1.29 is 4.79 Å². The number of piperazine rings is 1. The van der Waals surface area contributed by atoms with Crippen molar-refractivity contribution in [2.45, 2.75) is 13.8 Å². The van der Waals surface area contributed by atoms with E-state index in [2.05, 4.69) is 23.7 Å². The van der Waals surface area contributed by atoms with Crippen molar-refractivity contribution in [2.24, 2.45) is 5.92 Å². The Hall–Kier alpha value is -1.13. The molecule has 1 aliphatic heterocycles. The van der Waals surface area contributed by atoms with E-state index in [-0.39, 0.29) is 5.91 Å². The zero-order valence-electron chi connectivity index (χ0n) is 11.5. The number of hydrogen-bond acceptors (Lipinski definition) is 3. The fourth-order valence-electron chi connectivity index (χ4n) is 2.37. The molecule has 0 saturated carbocycles. The van der Waals surface area contributed by atoms with Crippen LogP contribution < -0.4 is 0 Å². The van der Waals surface area contributed by atoms with Gasteiger partial charge in [-0.3, -0.25) is 14.7 Å². The highest BCUT2D eigenvalue weighted by atomic mass is 35.5. The number of amides is 1. The van der Waals surface area contributed by atoms with E-state index < -0.39 is 0 Å². The highest BCUT2D eigenvalue weighted by Gasteiger charge is 2.23. The number of hydrogen-bond donors (Lipinski definition) is 0. The molecule has 2 heterocycles. The van der Waals surface area contributed by atoms with Gasteiger partial charge in [0.2, 0.25) is 0 Å². The molecule has 0 atom stereocenters. The SMILES string of the molecule is CC(C)CN1CCN(C(=O)c2ccncc2Cl)CC1. The third kappa shape index (κ3) is 3.67. The lowest BCUT2D eigenvalue weighted by Gasteiger charge is -2.35. The normalized spacial score (nSPS) is 16.9. The average Bonchev–Trinajstić information content (AvgIpc) is 2.39. The van der Waals surface area contributed by atoms with Gasteiger partial charge < -0.3 is 4.90 Å². The first-order valence-corrected chi connectivity index (χ1v) is 7.07. The maximum atomic E-state index is 12.3. The van der Waals surface area contributed by atoms with Gasteiger partial charge in [-0.25, -0.2) is 0 Å². The lowest BCUT2D eigenvalue weighted by molar-refractivity contribution is 0.0624. The van der Waals surface area contributed by atoms with E-state index in [0.717, 1.165) is 32.7 Å². The first kappa shape index (κ1) is 14.3. The van der Waals surface area contributed by atoms with Crippen LogP contribution in [0, 0.1) is 5.92 Å². The molecule has 0 unspecified atom stereocenters. The Labute approximate surface area is 119 Å². The van der Waals surface area contributed by atoms with E-state index in [9.17, 15) is 4.79 Å². The number of aromatic nitrogens is 1. The fourth-order valence-corrected chi connectivity index (χ4v) is 2.57. The molecular weight excluding hydrogens is 262 g/mol. The summed E-state index contributed by atoms with van der Waals surface area (Å²) < 4.78 is 0. The molecule has 104 valence electrons. The Morgan fingerprint density at radius 2 is 2.05 bits per heavy atom. The predicted molar refractivity (Wildman–Crippen MR) is 76.4 cm³/mol. The summed E-state index contributed by atoms with van der Waals surface area (Å²) in [6.07, 6.45) is 3.12. The third-order valence-corrected chi connectivity index (χ3v) is 3.59. The number of rotatable bonds is 3. The molecule has 1 saturated heterocycles. The molecule has 1 amide bonds. The molecule has 1 aromatic rings. The highest BCUT2D eigenvalue weighted by Crippen LogP contribution is 2.17. The van der Waals surface area contributed by atoms with E-state index in [1.807, 2.05) is 4.90 Å². The Kier molecular flexibility index (Phi) is 4.77. The van der Waals surface area contributed by atoms with Crippen molar-refractivity contribution >= 4 is 17.5 Å². The van der Waals surface area contributed by atoms with Crippen LogP contribution in [0.15, 0.2) is 18.5 Å². The third-order valence-electron chi connectivity index (χ3n) is 3.29. The van der Waals surface area contributed by atoms with Gasteiger partial charge in [0.25, 0.3) is 5.91 Å². The van der Waals surface area contributed by atoms with Crippen LogP contribution >= 0.6 is 11.6 Å². The second kappa shape index (κ2) is 6.35. The molecule has 0 N–H and O–H groups in total. The smallest absolute Gasteiger partial charge is 0.255 e. The quantitative estimate of drug-likeness (QED) is 0.852. The Balaban J connectivity index is 1.95. The van der Waals surface area contributed by atoms with Crippen LogP contribution in [-0.4, -0.2) is 53.4 Å². The summed E-state index contributed by atoms with van der Waals surface area (Å²) in [5.41, 5.74) is 0.550. The predicted octanol–water partition coefficient (Wildman–Crippen LogP) is 2.15. The summed E-state index contributed by atoms with van der Waals surface area (Å²) >= 11 is 6.02. The molecule has 0 aromatic carbocycles. The van der Waals surface area contributed by atoms with Gasteiger partial charge in [-0.15, -0.1) is 0 Å². The summed E-state index contributed by atoms with van der Waals surface area (Å²) in [5, 5.41) is 0.428. The van der Waals surface area contributed by atoms with E-state index in [4.69, 9.17) is 11.6 Å². The zero-order valence-corrected chi connectivity index (χ0v) is 12.2. The van der Waals surface area contributed by atoms with E-state index in [0.29, 0.717) is 16.5 Å². The van der Waals surface area contributed by atoms with Crippen molar-refractivity contribution in [3.8, 4) is 0 Å². The monoisotopic (exact) mass is 281 g/mol. The summed E-state index contributed by atoms with van der Waals surface area (Å²) in [6.45, 7) is 8.94. The molecule has 5 heteroatoms. The first-order valence-electron chi connectivity index (χ1n) is 6.69. The summed E-state index contributed by atoms with van der Waals surface area (Å²) in [5.74, 6) is 0.675. The molecule has 19 heavy (non-hydrogen) atoms. The van der Waals surface area contributed by atoms with Gasteiger partial charge in [0, 0.05) is 45.1 Å². The number of nitrogens with zero attached hydrogens (tertiary/aromatic N) is 3. The molecule has 4 nitrogen and oxygen atoms in total. The van der Waals surface area contributed by atoms with Crippen LogP contribution in [0.2, 0.25) is 5.02 Å². The lowest BCUT2D eigenvalue weighted by Crippen LogP contribution is -2.49. The average molecular weight is 282 g/mol. The summed E-state index contributed by atoms with van der Waals surface area (Å²) in [6, 6.07) is 1.69. The molecule has 0 spiro atoms. The molecule has 0 radical (unpaired) electrons. The van der Waals surface area contributed by atoms with Gasteiger partial charge in [0.05, 0.1) is 10.6 Å². The summed E-state index contributed by atoms with van der Waals surface area (Å²) in [7, 11) is 0. The minimum atomic E-state index is 0.0107. The molecular formula is C14H20ClN3O. The minimum Gasteiger partial charge on any atom is -0.336 e. The van der Waals surface area contributed by atoms with Crippen LogP contribution in [-0.2, 0) is 0 Å². The van der Waals surface area contributed by atoms with Gasteiger partial charge in [0.1, 0.15) is 0 Å². The molecule has 0 aliphatic carbocycles. The number of carbonyl (C=O) groups excluding carboxylic acids is 1. The Morgan fingerprint density at radius 3 is 2.63 bits per heavy atom. The zero-order chi connectivity index (χ0) is 13.8. The van der Waals surface area contributed by atoms with E-state index in [1.54, 1.807) is 12.3 Å². The summed E-state index contributed by atoms with van der Waals surface area (Å²) in [4.78, 5) is 20.5. The standard InChI is InChI=1S/C14H20ClN3O/c1-11(2)10-17-5-7-18(8-6-17)14(19)12-3-4-16-9-13(12)15/h3-4,9,11H,5-8,10H2,1-2H3. The molecule has 1 aromatic heterocycles. The van der Waals surface area contributed by atoms with Gasteiger partial charge in [0.15, 0.2) is 0 Å². The largest absolute Gasteiger partial charge is 0.336 e. The molecule has 0 bridgehead atoms. The van der Waals surface area contributed by atoms with Crippen molar-refractivity contribution in [1.29, 1.82) is 0 Å². The van der Waals surface area contributed by atoms with Crippen molar-refractivity contribution in [1.82, 2.24) is 14.8 Å². The second-order valence-electron chi connectivity index (χ2n) is 5.34. The molecule has 2 rings (SSSR count). The van der Waals surface area contributed by atoms with E-state index in [1.165, 1.54) is 6.20 Å². The second-order valence-corrected chi connectivity index (χ2v) is 5.75. The number of halogens is 1. The van der Waals surface area contributed by atoms with Crippen LogP contribution in [0.3, 0.4) is 0 Å². The maximum absolute atomic E-state index is 12.3. The van der Waals surface area contributed by atoms with Gasteiger partial charge >= 0.3 is 0 Å². The Morgan fingerprint density at radius 1 is 1.37 bits per heavy atom. The van der Waals surface area contributed by atoms with Crippen molar-refractivity contribution in [3.05, 3.63) is 29.0 Å². The number of pyridine rings is 1. The van der Waals surface area contributed by atoms with Gasteiger partial charge in [-0.05, 0) is 12.0 Å².